The molecule has 0 aliphatic carbocycles. The van der Waals surface area contributed by atoms with E-state index in [1.54, 1.807) is 18.2 Å². The summed E-state index contributed by atoms with van der Waals surface area (Å²) in [7, 11) is 0. The van der Waals surface area contributed by atoms with Gasteiger partial charge < -0.3 is 20.1 Å². The molecule has 3 rings (SSSR count). The Hall–Kier alpha value is -3.02. The van der Waals surface area contributed by atoms with Crippen LogP contribution >= 0.6 is 0 Å². The van der Waals surface area contributed by atoms with Crippen LogP contribution in [0.4, 0.5) is 5.69 Å². The van der Waals surface area contributed by atoms with Crippen LogP contribution in [0.2, 0.25) is 0 Å². The molecule has 6 heteroatoms. The number of fused-ring (bicyclic) bond motifs is 1. The molecule has 2 aromatic carbocycles. The largest absolute Gasteiger partial charge is 0.492 e. The third kappa shape index (κ3) is 4.78. The van der Waals surface area contributed by atoms with Crippen molar-refractivity contribution in [3.63, 3.8) is 0 Å². The Bertz CT molecular complexity index is 838. The van der Waals surface area contributed by atoms with Crippen LogP contribution in [0.1, 0.15) is 36.7 Å². The minimum absolute atomic E-state index is 0.0417. The summed E-state index contributed by atoms with van der Waals surface area (Å²) in [4.78, 5) is 23.5. The lowest BCUT2D eigenvalue weighted by Crippen LogP contribution is -2.29. The van der Waals surface area contributed by atoms with Gasteiger partial charge in [0.05, 0.1) is 12.2 Å². The topological polar surface area (TPSA) is 76.7 Å². The van der Waals surface area contributed by atoms with E-state index in [2.05, 4.69) is 43.5 Å². The van der Waals surface area contributed by atoms with Crippen LogP contribution in [0.25, 0.3) is 0 Å². The predicted octanol–water partition coefficient (Wildman–Crippen LogP) is 3.12. The second-order valence-electron chi connectivity index (χ2n) is 7.43. The van der Waals surface area contributed by atoms with Gasteiger partial charge in [0.2, 0.25) is 0 Å². The number of carbonyl (C=O) groups is 2. The van der Waals surface area contributed by atoms with Crippen molar-refractivity contribution in [1.82, 2.24) is 5.32 Å². The van der Waals surface area contributed by atoms with Crippen LogP contribution in [0.15, 0.2) is 42.5 Å². The highest BCUT2D eigenvalue weighted by atomic mass is 16.5. The zero-order chi connectivity index (χ0) is 19.4. The van der Waals surface area contributed by atoms with E-state index in [1.807, 2.05) is 12.1 Å². The van der Waals surface area contributed by atoms with Crippen LogP contribution in [-0.4, -0.2) is 31.6 Å². The molecule has 1 heterocycles. The summed E-state index contributed by atoms with van der Waals surface area (Å²) in [6, 6.07) is 12.9. The monoisotopic (exact) mass is 368 g/mol. The van der Waals surface area contributed by atoms with E-state index in [0.717, 1.165) is 5.75 Å². The molecule has 1 aliphatic rings. The van der Waals surface area contributed by atoms with Crippen molar-refractivity contribution in [1.29, 1.82) is 0 Å². The molecular formula is C21H24N2O4. The quantitative estimate of drug-likeness (QED) is 0.795. The lowest BCUT2D eigenvalue weighted by Gasteiger charge is -2.19. The van der Waals surface area contributed by atoms with Crippen LogP contribution in [-0.2, 0) is 10.2 Å². The van der Waals surface area contributed by atoms with E-state index in [4.69, 9.17) is 9.47 Å². The normalized spacial score (nSPS) is 13.2. The molecule has 0 radical (unpaired) electrons. The van der Waals surface area contributed by atoms with Gasteiger partial charge in [-0.15, -0.1) is 0 Å². The van der Waals surface area contributed by atoms with E-state index < -0.39 is 0 Å². The van der Waals surface area contributed by atoms with Crippen molar-refractivity contribution >= 4 is 17.5 Å². The molecule has 2 aromatic rings. The molecule has 0 fully saturated rings. The molecule has 0 atom stereocenters. The minimum Gasteiger partial charge on any atom is -0.492 e. The lowest BCUT2D eigenvalue weighted by molar-refractivity contribution is -0.118. The van der Waals surface area contributed by atoms with Crippen molar-refractivity contribution in [2.75, 3.05) is 25.1 Å². The van der Waals surface area contributed by atoms with Crippen molar-refractivity contribution < 1.29 is 19.1 Å². The van der Waals surface area contributed by atoms with Crippen molar-refractivity contribution in [2.24, 2.45) is 0 Å². The summed E-state index contributed by atoms with van der Waals surface area (Å²) in [6.45, 7) is 7.21. The average Bonchev–Trinajstić information content (AvgIpc) is 2.64. The lowest BCUT2D eigenvalue weighted by atomic mass is 9.87. The number of nitrogens with one attached hydrogen (secondary N) is 2. The number of ether oxygens (including phenoxy) is 2. The Morgan fingerprint density at radius 3 is 2.63 bits per heavy atom. The molecule has 0 saturated carbocycles. The standard InChI is InChI=1S/C21H24N2O4/c1-21(2,3)15-5-7-16(8-6-15)26-11-10-22-20(25)14-4-9-17-18(12-14)27-13-19(24)23-17/h4-9,12H,10-11,13H2,1-3H3,(H,22,25)(H,23,24). The van der Waals surface area contributed by atoms with E-state index >= 15 is 0 Å². The smallest absolute Gasteiger partial charge is 0.262 e. The van der Waals surface area contributed by atoms with Crippen LogP contribution in [0, 0.1) is 0 Å². The van der Waals surface area contributed by atoms with E-state index in [-0.39, 0.29) is 23.8 Å². The summed E-state index contributed by atoms with van der Waals surface area (Å²) < 4.78 is 11.0. The van der Waals surface area contributed by atoms with Gasteiger partial charge in [0.25, 0.3) is 11.8 Å². The molecular weight excluding hydrogens is 344 g/mol. The molecule has 2 amide bonds. The highest BCUT2D eigenvalue weighted by Gasteiger charge is 2.17. The maximum absolute atomic E-state index is 12.3. The molecule has 6 nitrogen and oxygen atoms in total. The Kier molecular flexibility index (Phi) is 5.35. The summed E-state index contributed by atoms with van der Waals surface area (Å²) in [6.07, 6.45) is 0. The first kappa shape index (κ1) is 18.8. The number of benzene rings is 2. The maximum atomic E-state index is 12.3. The van der Waals surface area contributed by atoms with E-state index in [9.17, 15) is 9.59 Å². The fourth-order valence-electron chi connectivity index (χ4n) is 2.70. The highest BCUT2D eigenvalue weighted by molar-refractivity contribution is 5.98. The third-order valence-electron chi connectivity index (χ3n) is 4.25. The van der Waals surface area contributed by atoms with Gasteiger partial charge in [-0.2, -0.15) is 0 Å². The first-order valence-electron chi connectivity index (χ1n) is 8.91. The number of hydrogen-bond acceptors (Lipinski definition) is 4. The van der Waals surface area contributed by atoms with E-state index in [0.29, 0.717) is 30.2 Å². The summed E-state index contributed by atoms with van der Waals surface area (Å²) in [5, 5.41) is 5.51. The molecule has 0 aromatic heterocycles. The second kappa shape index (κ2) is 7.70. The minimum atomic E-state index is -0.218. The first-order chi connectivity index (χ1) is 12.8. The molecule has 1 aliphatic heterocycles. The molecule has 142 valence electrons. The molecule has 0 unspecified atom stereocenters. The SMILES string of the molecule is CC(C)(C)c1ccc(OCCNC(=O)c2ccc3c(c2)OCC(=O)N3)cc1. The summed E-state index contributed by atoms with van der Waals surface area (Å²) >= 11 is 0. The van der Waals surface area contributed by atoms with Crippen LogP contribution in [0.3, 0.4) is 0 Å². The first-order valence-corrected chi connectivity index (χ1v) is 8.91. The molecule has 0 saturated heterocycles. The number of amides is 2. The van der Waals surface area contributed by atoms with Gasteiger partial charge in [0.15, 0.2) is 6.61 Å². The Balaban J connectivity index is 1.48. The predicted molar refractivity (Wildman–Crippen MR) is 104 cm³/mol. The third-order valence-corrected chi connectivity index (χ3v) is 4.25. The zero-order valence-corrected chi connectivity index (χ0v) is 15.8. The van der Waals surface area contributed by atoms with E-state index in [1.165, 1.54) is 5.56 Å². The number of rotatable bonds is 5. The van der Waals surface area contributed by atoms with Crippen LogP contribution < -0.4 is 20.1 Å². The number of anilines is 1. The number of hydrogen-bond donors (Lipinski definition) is 2. The van der Waals surface area contributed by atoms with Crippen molar-refractivity contribution in [2.45, 2.75) is 26.2 Å². The van der Waals surface area contributed by atoms with Crippen molar-refractivity contribution in [3.05, 3.63) is 53.6 Å². The molecule has 27 heavy (non-hydrogen) atoms. The van der Waals surface area contributed by atoms with Crippen molar-refractivity contribution in [3.8, 4) is 11.5 Å². The zero-order valence-electron chi connectivity index (χ0n) is 15.8. The highest BCUT2D eigenvalue weighted by Crippen LogP contribution is 2.28. The fourth-order valence-corrected chi connectivity index (χ4v) is 2.70. The van der Waals surface area contributed by atoms with Gasteiger partial charge in [0.1, 0.15) is 18.1 Å². The van der Waals surface area contributed by atoms with Gasteiger partial charge in [-0.25, -0.2) is 0 Å². The van der Waals surface area contributed by atoms with Gasteiger partial charge in [-0.3, -0.25) is 9.59 Å². The maximum Gasteiger partial charge on any atom is 0.262 e. The second-order valence-corrected chi connectivity index (χ2v) is 7.43. The molecule has 0 spiro atoms. The van der Waals surface area contributed by atoms with Gasteiger partial charge in [-0.1, -0.05) is 32.9 Å². The summed E-state index contributed by atoms with van der Waals surface area (Å²) in [5.74, 6) is 0.852. The average molecular weight is 368 g/mol. The molecule has 2 N–H and O–H groups in total. The summed E-state index contributed by atoms with van der Waals surface area (Å²) in [5.41, 5.74) is 2.40. The Morgan fingerprint density at radius 2 is 1.93 bits per heavy atom. The van der Waals surface area contributed by atoms with Gasteiger partial charge in [0, 0.05) is 5.56 Å². The van der Waals surface area contributed by atoms with Gasteiger partial charge in [-0.05, 0) is 41.3 Å². The Labute approximate surface area is 158 Å². The Morgan fingerprint density at radius 1 is 1.19 bits per heavy atom. The van der Waals surface area contributed by atoms with Gasteiger partial charge >= 0.3 is 0 Å². The number of carbonyl (C=O) groups excluding carboxylic acids is 2. The fraction of sp³-hybridized carbons (Fsp3) is 0.333. The molecule has 0 bridgehead atoms. The van der Waals surface area contributed by atoms with Crippen LogP contribution in [0.5, 0.6) is 11.5 Å².